The Kier molecular flexibility index (Phi) is 3.25. The Labute approximate surface area is 157 Å². The van der Waals surface area contributed by atoms with E-state index in [1.54, 1.807) is 11.3 Å². The number of fused-ring (bicyclic) bond motifs is 5. The fourth-order valence-corrected chi connectivity index (χ4v) is 6.64. The lowest BCUT2D eigenvalue weighted by atomic mass is 9.77. The van der Waals surface area contributed by atoms with Crippen LogP contribution in [0.3, 0.4) is 0 Å². The SMILES string of the molecule is O=C(N[C@@H]1C2CCN(CC2)C12CC2)c1cc2ccc3c(c2s1)OCCC3. The van der Waals surface area contributed by atoms with Crippen molar-refractivity contribution in [3.63, 3.8) is 0 Å². The van der Waals surface area contributed by atoms with E-state index in [4.69, 9.17) is 4.74 Å². The van der Waals surface area contributed by atoms with Crippen molar-refractivity contribution in [1.82, 2.24) is 10.2 Å². The zero-order valence-electron chi connectivity index (χ0n) is 14.9. The normalized spacial score (nSPS) is 30.8. The molecule has 2 aromatic rings. The topological polar surface area (TPSA) is 41.6 Å². The highest BCUT2D eigenvalue weighted by atomic mass is 32.1. The molecule has 1 aromatic carbocycles. The molecule has 1 atom stereocenters. The van der Waals surface area contributed by atoms with Crippen LogP contribution in [0.4, 0.5) is 0 Å². The van der Waals surface area contributed by atoms with Crippen molar-refractivity contribution in [3.8, 4) is 5.75 Å². The van der Waals surface area contributed by atoms with Gasteiger partial charge in [0.15, 0.2) is 0 Å². The third-order valence-electron chi connectivity index (χ3n) is 7.05. The lowest BCUT2D eigenvalue weighted by Gasteiger charge is -2.52. The molecule has 5 aliphatic rings. The molecule has 4 aliphatic heterocycles. The van der Waals surface area contributed by atoms with Crippen LogP contribution in [-0.2, 0) is 6.42 Å². The molecule has 1 aromatic heterocycles. The van der Waals surface area contributed by atoms with Gasteiger partial charge in [0.1, 0.15) is 5.75 Å². The summed E-state index contributed by atoms with van der Waals surface area (Å²) in [5.41, 5.74) is 1.57. The van der Waals surface area contributed by atoms with Gasteiger partial charge in [0.25, 0.3) is 5.91 Å². The van der Waals surface area contributed by atoms with E-state index in [-0.39, 0.29) is 11.4 Å². The zero-order chi connectivity index (χ0) is 17.3. The summed E-state index contributed by atoms with van der Waals surface area (Å²) >= 11 is 1.60. The minimum atomic E-state index is 0.112. The average molecular weight is 369 g/mol. The number of thiophene rings is 1. The number of carbonyl (C=O) groups is 1. The highest BCUT2D eigenvalue weighted by Crippen LogP contribution is 2.53. The number of hydrogen-bond acceptors (Lipinski definition) is 4. The van der Waals surface area contributed by atoms with Gasteiger partial charge >= 0.3 is 0 Å². The van der Waals surface area contributed by atoms with Crippen molar-refractivity contribution in [2.24, 2.45) is 5.92 Å². The quantitative estimate of drug-likeness (QED) is 0.881. The number of ether oxygens (including phenoxy) is 1. The fraction of sp³-hybridized carbons (Fsp3) is 0.571. The minimum Gasteiger partial charge on any atom is -0.492 e. The summed E-state index contributed by atoms with van der Waals surface area (Å²) in [5, 5.41) is 4.58. The monoisotopic (exact) mass is 368 g/mol. The zero-order valence-corrected chi connectivity index (χ0v) is 15.7. The number of nitrogens with zero attached hydrogens (tertiary/aromatic N) is 1. The maximum Gasteiger partial charge on any atom is 0.261 e. The van der Waals surface area contributed by atoms with Gasteiger partial charge in [0, 0.05) is 5.54 Å². The summed E-state index contributed by atoms with van der Waals surface area (Å²) in [6.45, 7) is 3.24. The Hall–Kier alpha value is -1.59. The second-order valence-electron chi connectivity index (χ2n) is 8.41. The number of aryl methyl sites for hydroxylation is 1. The van der Waals surface area contributed by atoms with Crippen molar-refractivity contribution in [2.45, 2.75) is 50.1 Å². The van der Waals surface area contributed by atoms with Gasteiger partial charge < -0.3 is 10.1 Å². The largest absolute Gasteiger partial charge is 0.492 e. The third-order valence-corrected chi connectivity index (χ3v) is 8.20. The summed E-state index contributed by atoms with van der Waals surface area (Å²) in [4.78, 5) is 16.6. The Morgan fingerprint density at radius 1 is 1.27 bits per heavy atom. The van der Waals surface area contributed by atoms with Gasteiger partial charge in [-0.15, -0.1) is 11.3 Å². The molecule has 4 fully saturated rings. The number of nitrogens with one attached hydrogen (secondary N) is 1. The predicted octanol–water partition coefficient (Wildman–Crippen LogP) is 3.58. The summed E-state index contributed by atoms with van der Waals surface area (Å²) < 4.78 is 7.08. The molecule has 7 rings (SSSR count). The van der Waals surface area contributed by atoms with Gasteiger partial charge in [0.05, 0.1) is 22.2 Å². The molecule has 0 unspecified atom stereocenters. The maximum atomic E-state index is 13.1. The Morgan fingerprint density at radius 2 is 2.12 bits per heavy atom. The third kappa shape index (κ3) is 2.13. The highest BCUT2D eigenvalue weighted by Gasteiger charge is 2.60. The molecule has 2 bridgehead atoms. The molecular formula is C21H24N2O2S. The average Bonchev–Trinajstić information content (AvgIpc) is 3.33. The first-order valence-electron chi connectivity index (χ1n) is 9.99. The number of rotatable bonds is 2. The predicted molar refractivity (Wildman–Crippen MR) is 103 cm³/mol. The van der Waals surface area contributed by atoms with Crippen LogP contribution in [0.15, 0.2) is 18.2 Å². The number of amides is 1. The van der Waals surface area contributed by atoms with Crippen LogP contribution < -0.4 is 10.1 Å². The smallest absolute Gasteiger partial charge is 0.261 e. The van der Waals surface area contributed by atoms with E-state index in [1.807, 2.05) is 0 Å². The van der Waals surface area contributed by atoms with E-state index in [9.17, 15) is 4.79 Å². The summed E-state index contributed by atoms with van der Waals surface area (Å²) in [7, 11) is 0. The standard InChI is InChI=1S/C21H24N2O2S/c24-20(22-19-14-5-9-23(10-6-14)21(19)7-8-21)16-12-15-4-3-13-2-1-11-25-17(13)18(15)26-16/h3-4,12,14,19H,1-2,5-11H2,(H,22,24)/t19-/m1/s1. The van der Waals surface area contributed by atoms with Gasteiger partial charge in [-0.25, -0.2) is 0 Å². The molecule has 1 N–H and O–H groups in total. The summed E-state index contributed by atoms with van der Waals surface area (Å²) in [5.74, 6) is 1.79. The molecule has 4 nitrogen and oxygen atoms in total. The van der Waals surface area contributed by atoms with E-state index >= 15 is 0 Å². The summed E-state index contributed by atoms with van der Waals surface area (Å²) in [6, 6.07) is 6.70. The molecule has 3 saturated heterocycles. The van der Waals surface area contributed by atoms with Crippen molar-refractivity contribution < 1.29 is 9.53 Å². The van der Waals surface area contributed by atoms with Gasteiger partial charge in [-0.3, -0.25) is 9.69 Å². The van der Waals surface area contributed by atoms with E-state index in [1.165, 1.54) is 44.3 Å². The first-order valence-corrected chi connectivity index (χ1v) is 10.8. The summed E-state index contributed by atoms with van der Waals surface area (Å²) in [6.07, 6.45) is 7.14. The van der Waals surface area contributed by atoms with E-state index in [2.05, 4.69) is 28.4 Å². The molecule has 0 radical (unpaired) electrons. The van der Waals surface area contributed by atoms with E-state index in [0.717, 1.165) is 40.2 Å². The van der Waals surface area contributed by atoms with Crippen molar-refractivity contribution in [1.29, 1.82) is 0 Å². The van der Waals surface area contributed by atoms with E-state index < -0.39 is 0 Å². The Morgan fingerprint density at radius 3 is 2.92 bits per heavy atom. The van der Waals surface area contributed by atoms with Crippen LogP contribution in [0.5, 0.6) is 5.75 Å². The molecule has 1 amide bonds. The first-order chi connectivity index (χ1) is 12.7. The second-order valence-corrected chi connectivity index (χ2v) is 9.47. The van der Waals surface area contributed by atoms with Gasteiger partial charge in [-0.2, -0.15) is 0 Å². The Bertz CT molecular complexity index is 893. The maximum absolute atomic E-state index is 13.1. The molecule has 5 heteroatoms. The van der Waals surface area contributed by atoms with E-state index in [0.29, 0.717) is 12.0 Å². The van der Waals surface area contributed by atoms with Crippen LogP contribution in [0.25, 0.3) is 10.1 Å². The van der Waals surface area contributed by atoms with Crippen molar-refractivity contribution in [3.05, 3.63) is 28.6 Å². The first kappa shape index (κ1) is 15.5. The lowest BCUT2D eigenvalue weighted by molar-refractivity contribution is -0.00138. The molecule has 5 heterocycles. The number of carbonyl (C=O) groups excluding carboxylic acids is 1. The fourth-order valence-electron chi connectivity index (χ4n) is 5.56. The molecule has 136 valence electrons. The Balaban J connectivity index is 1.31. The van der Waals surface area contributed by atoms with Crippen molar-refractivity contribution in [2.75, 3.05) is 19.7 Å². The van der Waals surface area contributed by atoms with Crippen LogP contribution in [0.2, 0.25) is 0 Å². The molecular weight excluding hydrogens is 344 g/mol. The molecule has 1 spiro atoms. The number of hydrogen-bond donors (Lipinski definition) is 1. The molecule has 26 heavy (non-hydrogen) atoms. The van der Waals surface area contributed by atoms with Gasteiger partial charge in [-0.05, 0) is 74.5 Å². The number of benzene rings is 1. The van der Waals surface area contributed by atoms with Gasteiger partial charge in [0.2, 0.25) is 0 Å². The van der Waals surface area contributed by atoms with Crippen LogP contribution in [0.1, 0.15) is 47.3 Å². The number of piperidine rings is 3. The molecule has 1 aliphatic carbocycles. The second kappa shape index (κ2) is 5.46. The van der Waals surface area contributed by atoms with Crippen LogP contribution in [-0.4, -0.2) is 42.1 Å². The molecule has 1 saturated carbocycles. The lowest BCUT2D eigenvalue weighted by Crippen LogP contribution is -2.65. The highest BCUT2D eigenvalue weighted by molar-refractivity contribution is 7.21. The van der Waals surface area contributed by atoms with Crippen LogP contribution in [0, 0.1) is 5.92 Å². The van der Waals surface area contributed by atoms with Crippen molar-refractivity contribution >= 4 is 27.3 Å². The van der Waals surface area contributed by atoms with Crippen LogP contribution >= 0.6 is 11.3 Å². The van der Waals surface area contributed by atoms with Gasteiger partial charge in [-0.1, -0.05) is 12.1 Å². The minimum absolute atomic E-state index is 0.112.